The van der Waals surface area contributed by atoms with Crippen molar-refractivity contribution >= 4 is 23.6 Å². The van der Waals surface area contributed by atoms with Crippen LogP contribution in [0.2, 0.25) is 0 Å². The maximum absolute atomic E-state index is 12.7. The van der Waals surface area contributed by atoms with Gasteiger partial charge in [-0.05, 0) is 51.4 Å². The Kier molecular flexibility index (Phi) is 7.12. The van der Waals surface area contributed by atoms with Crippen molar-refractivity contribution in [3.05, 3.63) is 29.8 Å². The van der Waals surface area contributed by atoms with Crippen LogP contribution >= 0.6 is 11.8 Å². The molecule has 0 spiro atoms. The van der Waals surface area contributed by atoms with E-state index in [0.717, 1.165) is 24.4 Å². The highest BCUT2D eigenvalue weighted by molar-refractivity contribution is 8.00. The van der Waals surface area contributed by atoms with E-state index in [9.17, 15) is 9.59 Å². The number of hydrogen-bond acceptors (Lipinski definition) is 4. The standard InChI is InChI=1S/C18H27N3O2S/c1-12(2)20-17(22)11-24-16-7-5-4-6-14(16)18(23)21-15-8-9-19-10-13(15)3/h4-7,12-13,15,19H,8-11H2,1-3H3,(H,20,22)(H,21,23). The van der Waals surface area contributed by atoms with E-state index in [1.165, 1.54) is 11.8 Å². The molecule has 2 unspecified atom stereocenters. The van der Waals surface area contributed by atoms with Crippen molar-refractivity contribution in [3.63, 3.8) is 0 Å². The summed E-state index contributed by atoms with van der Waals surface area (Å²) in [4.78, 5) is 25.3. The minimum atomic E-state index is -0.0545. The zero-order valence-corrected chi connectivity index (χ0v) is 15.4. The molecule has 3 N–H and O–H groups in total. The van der Waals surface area contributed by atoms with Crippen LogP contribution in [0.15, 0.2) is 29.2 Å². The highest BCUT2D eigenvalue weighted by atomic mass is 32.2. The highest BCUT2D eigenvalue weighted by Gasteiger charge is 2.24. The first-order valence-electron chi connectivity index (χ1n) is 8.50. The molecule has 2 amide bonds. The van der Waals surface area contributed by atoms with E-state index < -0.39 is 0 Å². The van der Waals surface area contributed by atoms with Gasteiger partial charge in [0.05, 0.1) is 11.3 Å². The van der Waals surface area contributed by atoms with Crippen LogP contribution in [-0.2, 0) is 4.79 Å². The second-order valence-corrected chi connectivity index (χ2v) is 7.57. The zero-order chi connectivity index (χ0) is 17.5. The minimum absolute atomic E-state index is 0.0165. The Balaban J connectivity index is 1.99. The number of rotatable bonds is 6. The molecule has 0 aromatic heterocycles. The third-order valence-corrected chi connectivity index (χ3v) is 5.12. The van der Waals surface area contributed by atoms with Crippen molar-refractivity contribution in [2.75, 3.05) is 18.8 Å². The molecule has 132 valence electrons. The van der Waals surface area contributed by atoms with E-state index in [-0.39, 0.29) is 23.9 Å². The van der Waals surface area contributed by atoms with E-state index in [0.29, 0.717) is 17.2 Å². The lowest BCUT2D eigenvalue weighted by Gasteiger charge is -2.30. The maximum Gasteiger partial charge on any atom is 0.252 e. The summed E-state index contributed by atoms with van der Waals surface area (Å²) in [5.74, 6) is 0.657. The molecule has 2 atom stereocenters. The van der Waals surface area contributed by atoms with Crippen LogP contribution in [0.3, 0.4) is 0 Å². The fourth-order valence-corrected chi connectivity index (χ4v) is 3.62. The van der Waals surface area contributed by atoms with E-state index in [4.69, 9.17) is 0 Å². The summed E-state index contributed by atoms with van der Waals surface area (Å²) in [5.41, 5.74) is 0.644. The van der Waals surface area contributed by atoms with Gasteiger partial charge in [-0.1, -0.05) is 19.1 Å². The van der Waals surface area contributed by atoms with Crippen molar-refractivity contribution < 1.29 is 9.59 Å². The molecule has 1 saturated heterocycles. The largest absolute Gasteiger partial charge is 0.353 e. The Morgan fingerprint density at radius 3 is 2.79 bits per heavy atom. The van der Waals surface area contributed by atoms with Crippen LogP contribution in [0.1, 0.15) is 37.6 Å². The summed E-state index contributed by atoms with van der Waals surface area (Å²) in [7, 11) is 0. The third kappa shape index (κ3) is 5.53. The normalized spacial score (nSPS) is 20.7. The first-order valence-corrected chi connectivity index (χ1v) is 9.48. The van der Waals surface area contributed by atoms with E-state index in [2.05, 4.69) is 22.9 Å². The molecule has 5 nitrogen and oxygen atoms in total. The van der Waals surface area contributed by atoms with Gasteiger partial charge in [0.2, 0.25) is 5.91 Å². The molecule has 0 saturated carbocycles. The molecule has 1 aliphatic heterocycles. The molecule has 0 bridgehead atoms. The van der Waals surface area contributed by atoms with Gasteiger partial charge in [0, 0.05) is 17.0 Å². The molecule has 0 aliphatic carbocycles. The van der Waals surface area contributed by atoms with Crippen LogP contribution in [0.5, 0.6) is 0 Å². The number of benzene rings is 1. The summed E-state index contributed by atoms with van der Waals surface area (Å²) in [5, 5.41) is 9.36. The summed E-state index contributed by atoms with van der Waals surface area (Å²) in [6.45, 7) is 7.88. The van der Waals surface area contributed by atoms with Crippen molar-refractivity contribution in [1.82, 2.24) is 16.0 Å². The van der Waals surface area contributed by atoms with E-state index >= 15 is 0 Å². The van der Waals surface area contributed by atoms with Gasteiger partial charge in [-0.15, -0.1) is 11.8 Å². The molecule has 1 heterocycles. The average molecular weight is 350 g/mol. The van der Waals surface area contributed by atoms with Crippen molar-refractivity contribution in [2.24, 2.45) is 5.92 Å². The van der Waals surface area contributed by atoms with Crippen molar-refractivity contribution in [2.45, 2.75) is 44.2 Å². The summed E-state index contributed by atoms with van der Waals surface area (Å²) in [6, 6.07) is 7.79. The summed E-state index contributed by atoms with van der Waals surface area (Å²) in [6.07, 6.45) is 0.943. The number of amides is 2. The van der Waals surface area contributed by atoms with Gasteiger partial charge in [0.15, 0.2) is 0 Å². The predicted octanol–water partition coefficient (Wildman–Crippen LogP) is 2.03. The maximum atomic E-state index is 12.7. The van der Waals surface area contributed by atoms with Gasteiger partial charge < -0.3 is 16.0 Å². The number of thioether (sulfide) groups is 1. The van der Waals surface area contributed by atoms with Gasteiger partial charge in [-0.25, -0.2) is 0 Å². The fourth-order valence-electron chi connectivity index (χ4n) is 2.76. The van der Waals surface area contributed by atoms with E-state index in [1.807, 2.05) is 38.1 Å². The minimum Gasteiger partial charge on any atom is -0.353 e. The second kappa shape index (κ2) is 9.08. The van der Waals surface area contributed by atoms with Crippen LogP contribution in [-0.4, -0.2) is 42.7 Å². The quantitative estimate of drug-likeness (QED) is 0.687. The number of nitrogens with one attached hydrogen (secondary N) is 3. The van der Waals surface area contributed by atoms with Gasteiger partial charge in [0.1, 0.15) is 0 Å². The topological polar surface area (TPSA) is 70.2 Å². The van der Waals surface area contributed by atoms with Gasteiger partial charge >= 0.3 is 0 Å². The van der Waals surface area contributed by atoms with Crippen LogP contribution in [0.4, 0.5) is 0 Å². The fraction of sp³-hybridized carbons (Fsp3) is 0.556. The smallest absolute Gasteiger partial charge is 0.252 e. The molecule has 24 heavy (non-hydrogen) atoms. The molecule has 1 aromatic carbocycles. The Bertz CT molecular complexity index is 577. The number of hydrogen-bond donors (Lipinski definition) is 3. The molecule has 2 rings (SSSR count). The molecule has 1 aromatic rings. The molecular formula is C18H27N3O2S. The lowest BCUT2D eigenvalue weighted by atomic mass is 9.95. The first-order chi connectivity index (χ1) is 11.5. The Hall–Kier alpha value is -1.53. The molecule has 1 fully saturated rings. The Morgan fingerprint density at radius 2 is 2.08 bits per heavy atom. The lowest BCUT2D eigenvalue weighted by molar-refractivity contribution is -0.119. The second-order valence-electron chi connectivity index (χ2n) is 6.56. The summed E-state index contributed by atoms with van der Waals surface area (Å²) < 4.78 is 0. The number of carbonyl (C=O) groups excluding carboxylic acids is 2. The SMILES string of the molecule is CC(C)NC(=O)CSc1ccccc1C(=O)NC1CCNCC1C. The Labute approximate surface area is 148 Å². The van der Waals surface area contributed by atoms with Crippen molar-refractivity contribution in [3.8, 4) is 0 Å². The van der Waals surface area contributed by atoms with E-state index in [1.54, 1.807) is 0 Å². The molecule has 0 radical (unpaired) electrons. The van der Waals surface area contributed by atoms with Crippen molar-refractivity contribution in [1.29, 1.82) is 0 Å². The molecule has 1 aliphatic rings. The van der Waals surface area contributed by atoms with Gasteiger partial charge in [0.25, 0.3) is 5.91 Å². The van der Waals surface area contributed by atoms with Crippen LogP contribution < -0.4 is 16.0 Å². The highest BCUT2D eigenvalue weighted by Crippen LogP contribution is 2.23. The summed E-state index contributed by atoms with van der Waals surface area (Å²) >= 11 is 1.40. The first kappa shape index (κ1) is 18.8. The lowest BCUT2D eigenvalue weighted by Crippen LogP contribution is -2.48. The predicted molar refractivity (Wildman–Crippen MR) is 98.3 cm³/mol. The molecule has 6 heteroatoms. The number of carbonyl (C=O) groups is 2. The third-order valence-electron chi connectivity index (χ3n) is 4.04. The van der Waals surface area contributed by atoms with Gasteiger partial charge in [-0.3, -0.25) is 9.59 Å². The van der Waals surface area contributed by atoms with Gasteiger partial charge in [-0.2, -0.15) is 0 Å². The zero-order valence-electron chi connectivity index (χ0n) is 14.6. The van der Waals surface area contributed by atoms with Crippen LogP contribution in [0.25, 0.3) is 0 Å². The Morgan fingerprint density at radius 1 is 1.33 bits per heavy atom. The number of piperidine rings is 1. The van der Waals surface area contributed by atoms with Crippen LogP contribution in [0, 0.1) is 5.92 Å². The monoisotopic (exact) mass is 349 g/mol. The average Bonchev–Trinajstić information content (AvgIpc) is 2.54. The molecular weight excluding hydrogens is 322 g/mol.